The molecule has 0 heterocycles. The Labute approximate surface area is 124 Å². The van der Waals surface area contributed by atoms with Crippen molar-refractivity contribution in [2.45, 2.75) is 33.3 Å². The van der Waals surface area contributed by atoms with Crippen LogP contribution >= 0.6 is 0 Å². The maximum Gasteiger partial charge on any atom is 0.309 e. The fourth-order valence-electron chi connectivity index (χ4n) is 4.07. The number of carbonyl (C=O) groups is 2. The molecular weight excluding hydrogens is 268 g/mol. The molecule has 21 heavy (non-hydrogen) atoms. The van der Waals surface area contributed by atoms with Gasteiger partial charge in [-0.1, -0.05) is 31.2 Å². The summed E-state index contributed by atoms with van der Waals surface area (Å²) in [5.41, 5.74) is 1.70. The van der Waals surface area contributed by atoms with E-state index in [1.54, 1.807) is 0 Å². The van der Waals surface area contributed by atoms with Gasteiger partial charge in [-0.05, 0) is 42.2 Å². The molecule has 4 heteroatoms. The van der Waals surface area contributed by atoms with E-state index in [-0.39, 0.29) is 30.3 Å². The van der Waals surface area contributed by atoms with Gasteiger partial charge >= 0.3 is 11.9 Å². The van der Waals surface area contributed by atoms with E-state index >= 15 is 0 Å². The molecule has 0 aromatic heterocycles. The van der Waals surface area contributed by atoms with Crippen molar-refractivity contribution in [3.05, 3.63) is 35.4 Å². The van der Waals surface area contributed by atoms with Crippen molar-refractivity contribution in [1.82, 2.24) is 0 Å². The number of esters is 1. The first-order chi connectivity index (χ1) is 9.96. The summed E-state index contributed by atoms with van der Waals surface area (Å²) in [6.45, 7) is 4.17. The molecule has 2 fully saturated rings. The van der Waals surface area contributed by atoms with Crippen LogP contribution in [0.3, 0.4) is 0 Å². The third-order valence-electron chi connectivity index (χ3n) is 5.46. The lowest BCUT2D eigenvalue weighted by molar-refractivity contribution is -0.153. The zero-order valence-electron chi connectivity index (χ0n) is 12.3. The Morgan fingerprint density at radius 2 is 2.05 bits per heavy atom. The minimum atomic E-state index is -0.779. The van der Waals surface area contributed by atoms with Gasteiger partial charge in [0.25, 0.3) is 0 Å². The van der Waals surface area contributed by atoms with E-state index in [2.05, 4.69) is 0 Å². The second kappa shape index (κ2) is 4.86. The van der Waals surface area contributed by atoms with Crippen molar-refractivity contribution in [1.29, 1.82) is 0 Å². The number of benzene rings is 1. The molecule has 0 aliphatic heterocycles. The highest BCUT2D eigenvalue weighted by Gasteiger charge is 2.73. The molecule has 1 aromatic rings. The van der Waals surface area contributed by atoms with Gasteiger partial charge in [-0.15, -0.1) is 0 Å². The van der Waals surface area contributed by atoms with Crippen LogP contribution < -0.4 is 0 Å². The summed E-state index contributed by atoms with van der Waals surface area (Å²) in [6.07, 6.45) is 1.56. The second-order valence-corrected chi connectivity index (χ2v) is 6.45. The van der Waals surface area contributed by atoms with Gasteiger partial charge < -0.3 is 9.84 Å². The minimum Gasteiger partial charge on any atom is -0.481 e. The van der Waals surface area contributed by atoms with Gasteiger partial charge in [0.1, 0.15) is 6.61 Å². The SMILES string of the molecule is Cc1ccccc1COC(=O)[C@@H]1CC[C@H]2[C@H](C(=O)O)[C@@]12C. The van der Waals surface area contributed by atoms with Crippen molar-refractivity contribution in [3.8, 4) is 0 Å². The molecule has 1 N–H and O–H groups in total. The number of carboxylic acid groups (broad SMARTS) is 1. The summed E-state index contributed by atoms with van der Waals surface area (Å²) in [5, 5.41) is 9.22. The third kappa shape index (κ3) is 2.13. The van der Waals surface area contributed by atoms with E-state index in [0.29, 0.717) is 0 Å². The van der Waals surface area contributed by atoms with Crippen LogP contribution in [-0.2, 0) is 20.9 Å². The van der Waals surface area contributed by atoms with E-state index < -0.39 is 11.4 Å². The molecule has 0 unspecified atom stereocenters. The molecule has 2 aliphatic carbocycles. The third-order valence-corrected chi connectivity index (χ3v) is 5.46. The van der Waals surface area contributed by atoms with Crippen molar-refractivity contribution in [3.63, 3.8) is 0 Å². The van der Waals surface area contributed by atoms with Gasteiger partial charge in [-0.2, -0.15) is 0 Å². The quantitative estimate of drug-likeness (QED) is 0.865. The van der Waals surface area contributed by atoms with Crippen LogP contribution in [0.1, 0.15) is 30.9 Å². The lowest BCUT2D eigenvalue weighted by Gasteiger charge is -2.19. The molecule has 0 radical (unpaired) electrons. The lowest BCUT2D eigenvalue weighted by Crippen LogP contribution is -2.26. The fraction of sp³-hybridized carbons (Fsp3) is 0.529. The Bertz CT molecular complexity index is 594. The molecule has 4 atom stereocenters. The zero-order valence-corrected chi connectivity index (χ0v) is 12.3. The largest absolute Gasteiger partial charge is 0.481 e. The van der Waals surface area contributed by atoms with Gasteiger partial charge in [0.2, 0.25) is 0 Å². The van der Waals surface area contributed by atoms with Gasteiger partial charge in [0.15, 0.2) is 0 Å². The summed E-state index contributed by atoms with van der Waals surface area (Å²) >= 11 is 0. The average molecular weight is 288 g/mol. The van der Waals surface area contributed by atoms with Crippen molar-refractivity contribution in [2.24, 2.45) is 23.2 Å². The molecule has 2 saturated carbocycles. The van der Waals surface area contributed by atoms with Crippen LogP contribution in [0, 0.1) is 30.1 Å². The number of rotatable bonds is 4. The summed E-state index contributed by atoms with van der Waals surface area (Å²) < 4.78 is 5.45. The first-order valence-corrected chi connectivity index (χ1v) is 7.40. The van der Waals surface area contributed by atoms with E-state index in [1.165, 1.54) is 0 Å². The number of hydrogen-bond acceptors (Lipinski definition) is 3. The molecule has 4 nitrogen and oxygen atoms in total. The summed E-state index contributed by atoms with van der Waals surface area (Å²) in [5.74, 6) is -1.52. The van der Waals surface area contributed by atoms with Crippen molar-refractivity contribution >= 4 is 11.9 Å². The predicted octanol–water partition coefficient (Wildman–Crippen LogP) is 2.79. The molecule has 0 bridgehead atoms. The van der Waals surface area contributed by atoms with Crippen LogP contribution in [0.4, 0.5) is 0 Å². The van der Waals surface area contributed by atoms with E-state index in [9.17, 15) is 14.7 Å². The van der Waals surface area contributed by atoms with Gasteiger partial charge in [0, 0.05) is 0 Å². The normalized spacial score (nSPS) is 33.3. The zero-order chi connectivity index (χ0) is 15.2. The minimum absolute atomic E-state index is 0.144. The monoisotopic (exact) mass is 288 g/mol. The fourth-order valence-corrected chi connectivity index (χ4v) is 4.07. The summed E-state index contributed by atoms with van der Waals surface area (Å²) in [4.78, 5) is 23.5. The maximum atomic E-state index is 12.3. The molecule has 0 saturated heterocycles. The van der Waals surface area contributed by atoms with Crippen molar-refractivity contribution < 1.29 is 19.4 Å². The Morgan fingerprint density at radius 3 is 2.67 bits per heavy atom. The van der Waals surface area contributed by atoms with Gasteiger partial charge in [0.05, 0.1) is 11.8 Å². The molecular formula is C17H20O4. The van der Waals surface area contributed by atoms with Gasteiger partial charge in [-0.25, -0.2) is 0 Å². The van der Waals surface area contributed by atoms with Crippen LogP contribution in [0.5, 0.6) is 0 Å². The number of carbonyl (C=O) groups excluding carboxylic acids is 1. The molecule has 112 valence electrons. The Morgan fingerprint density at radius 1 is 1.33 bits per heavy atom. The first-order valence-electron chi connectivity index (χ1n) is 7.40. The predicted molar refractivity (Wildman–Crippen MR) is 76.4 cm³/mol. The number of carboxylic acids is 1. The molecule has 0 amide bonds. The lowest BCUT2D eigenvalue weighted by atomic mass is 9.89. The highest BCUT2D eigenvalue weighted by atomic mass is 16.5. The standard InChI is InChI=1S/C17H20O4/c1-10-5-3-4-6-11(10)9-21-16(20)13-8-7-12-14(15(18)19)17(12,13)2/h3-6,12-14H,7-9H2,1-2H3,(H,18,19)/t12-,13-,14+,17+/m0/s1. The number of aliphatic carboxylic acids is 1. The highest BCUT2D eigenvalue weighted by Crippen LogP contribution is 2.71. The highest BCUT2D eigenvalue weighted by molar-refractivity contribution is 5.82. The number of ether oxygens (including phenoxy) is 1. The molecule has 1 aromatic carbocycles. The van der Waals surface area contributed by atoms with Crippen molar-refractivity contribution in [2.75, 3.05) is 0 Å². The smallest absolute Gasteiger partial charge is 0.309 e. The Balaban J connectivity index is 1.65. The van der Waals surface area contributed by atoms with Gasteiger partial charge in [-0.3, -0.25) is 9.59 Å². The number of aryl methyl sites for hydroxylation is 1. The van der Waals surface area contributed by atoms with Crippen LogP contribution in [-0.4, -0.2) is 17.0 Å². The van der Waals surface area contributed by atoms with E-state index in [0.717, 1.165) is 24.0 Å². The Kier molecular flexibility index (Phi) is 3.27. The Hall–Kier alpha value is -1.84. The number of hydrogen-bond donors (Lipinski definition) is 1. The van der Waals surface area contributed by atoms with Crippen LogP contribution in [0.25, 0.3) is 0 Å². The molecule has 3 rings (SSSR count). The van der Waals surface area contributed by atoms with Crippen LogP contribution in [0.2, 0.25) is 0 Å². The molecule has 0 spiro atoms. The number of fused-ring (bicyclic) bond motifs is 1. The molecule has 2 aliphatic rings. The summed E-state index contributed by atoms with van der Waals surface area (Å²) in [6, 6.07) is 7.80. The topological polar surface area (TPSA) is 63.6 Å². The first kappa shape index (κ1) is 14.1. The summed E-state index contributed by atoms with van der Waals surface area (Å²) in [7, 11) is 0. The van der Waals surface area contributed by atoms with E-state index in [1.807, 2.05) is 38.1 Å². The van der Waals surface area contributed by atoms with E-state index in [4.69, 9.17) is 4.74 Å². The average Bonchev–Trinajstić information content (AvgIpc) is 2.90. The van der Waals surface area contributed by atoms with Crippen LogP contribution in [0.15, 0.2) is 24.3 Å². The maximum absolute atomic E-state index is 12.3. The second-order valence-electron chi connectivity index (χ2n) is 6.45.